The molecule has 0 aromatic heterocycles. The van der Waals surface area contributed by atoms with Gasteiger partial charge in [-0.2, -0.15) is 0 Å². The van der Waals surface area contributed by atoms with Crippen LogP contribution in [0.5, 0.6) is 0 Å². The lowest BCUT2D eigenvalue weighted by Gasteiger charge is -2.13. The lowest BCUT2D eigenvalue weighted by molar-refractivity contribution is 0.0695. The van der Waals surface area contributed by atoms with E-state index in [1.54, 1.807) is 28.8 Å². The van der Waals surface area contributed by atoms with Crippen LogP contribution in [-0.2, 0) is 0 Å². The first-order valence-electron chi connectivity index (χ1n) is 5.76. The summed E-state index contributed by atoms with van der Waals surface area (Å²) in [6.07, 6.45) is 0. The summed E-state index contributed by atoms with van der Waals surface area (Å²) in [7, 11) is 0. The molecule has 102 valence electrons. The summed E-state index contributed by atoms with van der Waals surface area (Å²) in [5, 5.41) is 11.8. The van der Waals surface area contributed by atoms with Crippen LogP contribution in [0.1, 0.15) is 10.4 Å². The number of urea groups is 1. The number of nitrogens with one attached hydrogen (secondary N) is 1. The van der Waals surface area contributed by atoms with Gasteiger partial charge in [-0.15, -0.1) is 11.8 Å². The second-order valence-electron chi connectivity index (χ2n) is 4.01. The van der Waals surface area contributed by atoms with E-state index in [1.165, 1.54) is 0 Å². The van der Waals surface area contributed by atoms with Crippen LogP contribution >= 0.6 is 27.7 Å². The number of carbonyl (C=O) groups excluding carboxylic acids is 1. The van der Waals surface area contributed by atoms with Gasteiger partial charge in [-0.25, -0.2) is 9.59 Å². The molecule has 1 aromatic carbocycles. The monoisotopic (exact) mass is 344 g/mol. The van der Waals surface area contributed by atoms with E-state index in [0.29, 0.717) is 17.6 Å². The van der Waals surface area contributed by atoms with Gasteiger partial charge in [-0.3, -0.25) is 0 Å². The smallest absolute Gasteiger partial charge is 0.336 e. The second kappa shape index (κ2) is 6.29. The van der Waals surface area contributed by atoms with Crippen molar-refractivity contribution in [1.29, 1.82) is 0 Å². The molecule has 1 fully saturated rings. The van der Waals surface area contributed by atoms with Gasteiger partial charge in [0.25, 0.3) is 0 Å². The number of nitrogens with zero attached hydrogens (tertiary/aromatic N) is 1. The fourth-order valence-corrected chi connectivity index (χ4v) is 3.09. The zero-order chi connectivity index (χ0) is 13.8. The number of carbonyl (C=O) groups is 2. The molecule has 1 aliphatic rings. The van der Waals surface area contributed by atoms with Crippen molar-refractivity contribution in [2.24, 2.45) is 0 Å². The van der Waals surface area contributed by atoms with Crippen molar-refractivity contribution >= 4 is 39.7 Å². The van der Waals surface area contributed by atoms with Crippen molar-refractivity contribution in [1.82, 2.24) is 10.2 Å². The van der Waals surface area contributed by atoms with E-state index in [0.717, 1.165) is 17.2 Å². The maximum Gasteiger partial charge on any atom is 0.336 e. The Labute approximate surface area is 123 Å². The highest BCUT2D eigenvalue weighted by Gasteiger charge is 2.18. The number of halogens is 1. The van der Waals surface area contributed by atoms with Crippen LogP contribution in [0.15, 0.2) is 27.6 Å². The second-order valence-corrected chi connectivity index (χ2v) is 6.04. The standard InChI is InChI=1S/C12H13BrN2O3S/c13-10-2-1-8(7-9(10)11(16)17)19-6-5-15-4-3-14-12(15)18/h1-2,7H,3-6H2,(H,14,18)(H,16,17). The van der Waals surface area contributed by atoms with Crippen molar-refractivity contribution in [2.45, 2.75) is 4.90 Å². The molecular formula is C12H13BrN2O3S. The van der Waals surface area contributed by atoms with Gasteiger partial charge in [0.05, 0.1) is 5.56 Å². The quantitative estimate of drug-likeness (QED) is 0.804. The third kappa shape index (κ3) is 3.63. The first-order valence-corrected chi connectivity index (χ1v) is 7.54. The summed E-state index contributed by atoms with van der Waals surface area (Å²) in [5.74, 6) is -0.207. The number of benzene rings is 1. The normalized spacial score (nSPS) is 14.6. The molecule has 0 radical (unpaired) electrons. The Hall–Kier alpha value is -1.21. The topological polar surface area (TPSA) is 69.6 Å². The minimum atomic E-state index is -0.951. The van der Waals surface area contributed by atoms with Gasteiger partial charge in [0.15, 0.2) is 0 Å². The number of aromatic carboxylic acids is 1. The summed E-state index contributed by atoms with van der Waals surface area (Å²) in [4.78, 5) is 25.0. The van der Waals surface area contributed by atoms with E-state index in [-0.39, 0.29) is 11.6 Å². The minimum Gasteiger partial charge on any atom is -0.478 e. The Bertz CT molecular complexity index is 510. The largest absolute Gasteiger partial charge is 0.478 e. The molecule has 0 aliphatic carbocycles. The van der Waals surface area contributed by atoms with E-state index >= 15 is 0 Å². The Balaban J connectivity index is 1.91. The van der Waals surface area contributed by atoms with Crippen LogP contribution < -0.4 is 5.32 Å². The van der Waals surface area contributed by atoms with Gasteiger partial charge in [-0.1, -0.05) is 0 Å². The lowest BCUT2D eigenvalue weighted by atomic mass is 10.2. The van der Waals surface area contributed by atoms with Gasteiger partial charge in [0.2, 0.25) is 0 Å². The predicted molar refractivity (Wildman–Crippen MR) is 76.8 cm³/mol. The average Bonchev–Trinajstić information content (AvgIpc) is 2.77. The van der Waals surface area contributed by atoms with Crippen LogP contribution in [0, 0.1) is 0 Å². The first-order chi connectivity index (χ1) is 9.08. The van der Waals surface area contributed by atoms with Crippen molar-refractivity contribution in [3.63, 3.8) is 0 Å². The molecule has 5 nitrogen and oxygen atoms in total. The van der Waals surface area contributed by atoms with E-state index in [2.05, 4.69) is 21.2 Å². The van der Waals surface area contributed by atoms with Crippen molar-refractivity contribution < 1.29 is 14.7 Å². The van der Waals surface area contributed by atoms with Gasteiger partial charge in [0, 0.05) is 34.8 Å². The van der Waals surface area contributed by atoms with Crippen LogP contribution in [-0.4, -0.2) is 47.4 Å². The Kier molecular flexibility index (Phi) is 4.71. The summed E-state index contributed by atoms with van der Waals surface area (Å²) in [5.41, 5.74) is 0.254. The van der Waals surface area contributed by atoms with E-state index in [9.17, 15) is 9.59 Å². The molecule has 1 aromatic rings. The molecule has 0 unspecified atom stereocenters. The van der Waals surface area contributed by atoms with Crippen molar-refractivity contribution in [3.05, 3.63) is 28.2 Å². The van der Waals surface area contributed by atoms with Gasteiger partial charge >= 0.3 is 12.0 Å². The third-order valence-corrected chi connectivity index (χ3v) is 4.41. The summed E-state index contributed by atoms with van der Waals surface area (Å²) in [6, 6.07) is 5.21. The molecule has 0 atom stereocenters. The van der Waals surface area contributed by atoms with Crippen molar-refractivity contribution in [3.8, 4) is 0 Å². The summed E-state index contributed by atoms with van der Waals surface area (Å²) >= 11 is 4.75. The zero-order valence-corrected chi connectivity index (χ0v) is 12.5. The molecule has 1 saturated heterocycles. The molecule has 2 amide bonds. The Morgan fingerprint density at radius 3 is 2.95 bits per heavy atom. The fourth-order valence-electron chi connectivity index (χ4n) is 1.76. The van der Waals surface area contributed by atoms with Crippen LogP contribution in [0.25, 0.3) is 0 Å². The lowest BCUT2D eigenvalue weighted by Crippen LogP contribution is -2.30. The molecule has 1 heterocycles. The molecular weight excluding hydrogens is 332 g/mol. The van der Waals surface area contributed by atoms with Crippen LogP contribution in [0.4, 0.5) is 4.79 Å². The fraction of sp³-hybridized carbons (Fsp3) is 0.333. The van der Waals surface area contributed by atoms with E-state index < -0.39 is 5.97 Å². The maximum atomic E-state index is 11.3. The highest BCUT2D eigenvalue weighted by atomic mass is 79.9. The van der Waals surface area contributed by atoms with Gasteiger partial charge < -0.3 is 15.3 Å². The molecule has 1 aliphatic heterocycles. The van der Waals surface area contributed by atoms with Crippen LogP contribution in [0.2, 0.25) is 0 Å². The molecule has 0 saturated carbocycles. The maximum absolute atomic E-state index is 11.3. The minimum absolute atomic E-state index is 0.0253. The third-order valence-electron chi connectivity index (χ3n) is 2.74. The molecule has 2 rings (SSSR count). The number of hydrogen-bond acceptors (Lipinski definition) is 3. The molecule has 0 spiro atoms. The van der Waals surface area contributed by atoms with Crippen LogP contribution in [0.3, 0.4) is 0 Å². The van der Waals surface area contributed by atoms with E-state index in [1.807, 2.05) is 6.07 Å². The molecule has 2 N–H and O–H groups in total. The SMILES string of the molecule is O=C(O)c1cc(SCCN2CCNC2=O)ccc1Br. The van der Waals surface area contributed by atoms with Crippen molar-refractivity contribution in [2.75, 3.05) is 25.4 Å². The van der Waals surface area contributed by atoms with Gasteiger partial charge in [0.1, 0.15) is 0 Å². The van der Waals surface area contributed by atoms with Gasteiger partial charge in [-0.05, 0) is 34.1 Å². The average molecular weight is 345 g/mol. The number of carboxylic acid groups (broad SMARTS) is 1. The summed E-state index contributed by atoms with van der Waals surface area (Å²) < 4.78 is 0.572. The first kappa shape index (κ1) is 14.2. The van der Waals surface area contributed by atoms with E-state index in [4.69, 9.17) is 5.11 Å². The summed E-state index contributed by atoms with van der Waals surface area (Å²) in [6.45, 7) is 2.10. The molecule has 0 bridgehead atoms. The Morgan fingerprint density at radius 1 is 1.53 bits per heavy atom. The zero-order valence-electron chi connectivity index (χ0n) is 10.1. The molecule has 7 heteroatoms. The number of rotatable bonds is 5. The highest BCUT2D eigenvalue weighted by Crippen LogP contribution is 2.25. The number of amides is 2. The highest BCUT2D eigenvalue weighted by molar-refractivity contribution is 9.10. The Morgan fingerprint density at radius 2 is 2.32 bits per heavy atom. The molecule has 19 heavy (non-hydrogen) atoms. The number of thioether (sulfide) groups is 1. The number of hydrogen-bond donors (Lipinski definition) is 2. The predicted octanol–water partition coefficient (Wildman–Crippen LogP) is 2.26. The number of carboxylic acids is 1.